The van der Waals surface area contributed by atoms with Crippen LogP contribution >= 0.6 is 0 Å². The van der Waals surface area contributed by atoms with Gasteiger partial charge in [-0.1, -0.05) is 96.6 Å². The van der Waals surface area contributed by atoms with Gasteiger partial charge in [-0.3, -0.25) is 0 Å². The van der Waals surface area contributed by atoms with Gasteiger partial charge >= 0.3 is 0 Å². The van der Waals surface area contributed by atoms with Crippen molar-refractivity contribution in [2.75, 3.05) is 0 Å². The zero-order valence-electron chi connectivity index (χ0n) is 16.4. The van der Waals surface area contributed by atoms with E-state index >= 15 is 0 Å². The number of hydrogen-bond donors (Lipinski definition) is 0. The third-order valence-corrected chi connectivity index (χ3v) is 7.21. The lowest BCUT2D eigenvalue weighted by molar-refractivity contribution is 0.744. The van der Waals surface area contributed by atoms with E-state index in [9.17, 15) is 0 Å². The molecule has 1 atom stereocenters. The quantitative estimate of drug-likeness (QED) is 0.325. The van der Waals surface area contributed by atoms with Crippen molar-refractivity contribution < 1.29 is 0 Å². The summed E-state index contributed by atoms with van der Waals surface area (Å²) in [6.45, 7) is 2.22. The number of aryl methyl sites for hydroxylation is 1. The summed E-state index contributed by atoms with van der Waals surface area (Å²) in [5.41, 5.74) is 15.7. The molecule has 0 aromatic heterocycles. The van der Waals surface area contributed by atoms with Gasteiger partial charge in [0.2, 0.25) is 0 Å². The van der Waals surface area contributed by atoms with Gasteiger partial charge in [-0.15, -0.1) is 0 Å². The van der Waals surface area contributed by atoms with Crippen LogP contribution in [0.25, 0.3) is 16.7 Å². The number of allylic oxidation sites excluding steroid dienone is 1. The van der Waals surface area contributed by atoms with Crippen molar-refractivity contribution in [2.45, 2.75) is 18.8 Å². The Morgan fingerprint density at radius 1 is 0.586 bits per heavy atom. The normalized spacial score (nSPS) is 19.8. The predicted octanol–water partition coefficient (Wildman–Crippen LogP) is 6.68. The summed E-state index contributed by atoms with van der Waals surface area (Å²) >= 11 is 0. The van der Waals surface area contributed by atoms with Crippen molar-refractivity contribution in [3.05, 3.63) is 136 Å². The summed E-state index contributed by atoms with van der Waals surface area (Å²) in [4.78, 5) is 0. The first-order valence-corrected chi connectivity index (χ1v) is 10.4. The van der Waals surface area contributed by atoms with Gasteiger partial charge < -0.3 is 0 Å². The molecule has 0 saturated carbocycles. The summed E-state index contributed by atoms with van der Waals surface area (Å²) in [7, 11) is 0. The summed E-state index contributed by atoms with van der Waals surface area (Å²) in [5, 5.41) is 0. The second-order valence-electron chi connectivity index (χ2n) is 8.58. The molecule has 0 bridgehead atoms. The van der Waals surface area contributed by atoms with E-state index in [4.69, 9.17) is 0 Å². The molecule has 0 radical (unpaired) electrons. The topological polar surface area (TPSA) is 0 Å². The molecule has 0 aliphatic heterocycles. The van der Waals surface area contributed by atoms with Gasteiger partial charge in [-0.25, -0.2) is 0 Å². The van der Waals surface area contributed by atoms with Crippen LogP contribution in [0, 0.1) is 6.92 Å². The lowest BCUT2D eigenvalue weighted by Crippen LogP contribution is -2.28. The summed E-state index contributed by atoms with van der Waals surface area (Å²) < 4.78 is 0. The molecule has 0 heterocycles. The van der Waals surface area contributed by atoms with Crippen LogP contribution in [0.2, 0.25) is 0 Å². The molecule has 29 heavy (non-hydrogen) atoms. The van der Waals surface area contributed by atoms with Crippen molar-refractivity contribution in [3.63, 3.8) is 0 Å². The highest BCUT2D eigenvalue weighted by atomic mass is 14.6. The molecule has 3 aliphatic rings. The maximum Gasteiger partial charge on any atom is 0.0692 e. The number of benzene rings is 4. The molecule has 0 amide bonds. The molecular formula is C29H20. The lowest BCUT2D eigenvalue weighted by Gasteiger charge is -2.32. The van der Waals surface area contributed by atoms with Crippen LogP contribution in [0.15, 0.2) is 96.6 Å². The van der Waals surface area contributed by atoms with Gasteiger partial charge in [0, 0.05) is 0 Å². The average Bonchev–Trinajstić information content (AvgIpc) is 3.37. The Bertz CT molecular complexity index is 1380. The van der Waals surface area contributed by atoms with Crippen LogP contribution in [-0.2, 0) is 11.8 Å². The Morgan fingerprint density at radius 2 is 1.21 bits per heavy atom. The van der Waals surface area contributed by atoms with Gasteiger partial charge in [0.15, 0.2) is 0 Å². The second kappa shape index (κ2) is 5.15. The Kier molecular flexibility index (Phi) is 2.76. The van der Waals surface area contributed by atoms with Crippen LogP contribution in [-0.4, -0.2) is 0 Å². The van der Waals surface area contributed by atoms with Crippen molar-refractivity contribution >= 4 is 5.57 Å². The molecule has 1 unspecified atom stereocenters. The molecule has 7 rings (SSSR count). The van der Waals surface area contributed by atoms with E-state index in [0.29, 0.717) is 0 Å². The SMILES string of the molecule is Cc1ccc2c(c1)C1(C3=C(c4ccccc4C3)c3ccccc31)c1ccccc1-2. The van der Waals surface area contributed by atoms with E-state index in [2.05, 4.69) is 97.9 Å². The number of fused-ring (bicyclic) bond motifs is 11. The first-order chi connectivity index (χ1) is 14.3. The van der Waals surface area contributed by atoms with Crippen LogP contribution in [0.4, 0.5) is 0 Å². The fourth-order valence-corrected chi connectivity index (χ4v) is 6.19. The van der Waals surface area contributed by atoms with Crippen molar-refractivity contribution in [2.24, 2.45) is 0 Å². The minimum absolute atomic E-state index is 0.164. The van der Waals surface area contributed by atoms with E-state index in [1.54, 1.807) is 5.57 Å². The van der Waals surface area contributed by atoms with Crippen LogP contribution in [0.3, 0.4) is 0 Å². The van der Waals surface area contributed by atoms with Gasteiger partial charge in [0.1, 0.15) is 0 Å². The fraction of sp³-hybridized carbons (Fsp3) is 0.103. The zero-order chi connectivity index (χ0) is 19.2. The maximum absolute atomic E-state index is 2.44. The highest BCUT2D eigenvalue weighted by molar-refractivity contribution is 6.01. The van der Waals surface area contributed by atoms with Crippen molar-refractivity contribution in [3.8, 4) is 11.1 Å². The monoisotopic (exact) mass is 368 g/mol. The molecule has 4 aromatic carbocycles. The molecule has 3 aliphatic carbocycles. The fourth-order valence-electron chi connectivity index (χ4n) is 6.19. The van der Waals surface area contributed by atoms with Crippen LogP contribution in [0.1, 0.15) is 38.9 Å². The minimum atomic E-state index is -0.164. The Labute approximate surface area is 171 Å². The van der Waals surface area contributed by atoms with Gasteiger partial charge in [0.05, 0.1) is 5.41 Å². The minimum Gasteiger partial charge on any atom is -0.0619 e. The van der Waals surface area contributed by atoms with Crippen LogP contribution < -0.4 is 0 Å². The van der Waals surface area contributed by atoms with Crippen LogP contribution in [0.5, 0.6) is 0 Å². The molecule has 4 aromatic rings. The summed E-state index contributed by atoms with van der Waals surface area (Å²) in [6, 6.07) is 34.2. The van der Waals surface area contributed by atoms with E-state index in [-0.39, 0.29) is 5.41 Å². The zero-order valence-corrected chi connectivity index (χ0v) is 16.4. The molecule has 0 heteroatoms. The predicted molar refractivity (Wildman–Crippen MR) is 119 cm³/mol. The third-order valence-electron chi connectivity index (χ3n) is 7.21. The number of hydrogen-bond acceptors (Lipinski definition) is 0. The third kappa shape index (κ3) is 1.68. The standard InChI is InChI=1S/C29H20/c1-18-14-15-22-21-10-4-6-12-24(21)29(26(22)16-18)25-13-7-5-11-23(25)28-20-9-3-2-8-19(20)17-27(28)29/h2-16H,17H2,1H3. The maximum atomic E-state index is 2.44. The Morgan fingerprint density at radius 3 is 2.03 bits per heavy atom. The molecule has 0 N–H and O–H groups in total. The summed E-state index contributed by atoms with van der Waals surface area (Å²) in [6.07, 6.45) is 1.03. The molecule has 1 spiro atoms. The Hall–Kier alpha value is -3.38. The van der Waals surface area contributed by atoms with Crippen molar-refractivity contribution in [1.29, 1.82) is 0 Å². The molecule has 0 saturated heterocycles. The Balaban J connectivity index is 1.69. The van der Waals surface area contributed by atoms with E-state index < -0.39 is 0 Å². The summed E-state index contributed by atoms with van der Waals surface area (Å²) in [5.74, 6) is 0. The van der Waals surface area contributed by atoms with Crippen molar-refractivity contribution in [1.82, 2.24) is 0 Å². The molecule has 0 fully saturated rings. The van der Waals surface area contributed by atoms with E-state index in [1.807, 2.05) is 0 Å². The highest BCUT2D eigenvalue weighted by Crippen LogP contribution is 2.65. The highest BCUT2D eigenvalue weighted by Gasteiger charge is 2.54. The first-order valence-electron chi connectivity index (χ1n) is 10.4. The van der Waals surface area contributed by atoms with Gasteiger partial charge in [0.25, 0.3) is 0 Å². The molecule has 0 nitrogen and oxygen atoms in total. The molecule has 136 valence electrons. The lowest BCUT2D eigenvalue weighted by atomic mass is 9.68. The average molecular weight is 368 g/mol. The smallest absolute Gasteiger partial charge is 0.0619 e. The van der Waals surface area contributed by atoms with E-state index in [1.165, 1.54) is 55.6 Å². The number of rotatable bonds is 0. The van der Waals surface area contributed by atoms with Gasteiger partial charge in [-0.05, 0) is 69.0 Å². The second-order valence-corrected chi connectivity index (χ2v) is 8.58. The largest absolute Gasteiger partial charge is 0.0692 e. The first kappa shape index (κ1) is 15.5. The molecular weight excluding hydrogens is 348 g/mol. The van der Waals surface area contributed by atoms with Gasteiger partial charge in [-0.2, -0.15) is 0 Å². The van der Waals surface area contributed by atoms with E-state index in [0.717, 1.165) is 6.42 Å².